The van der Waals surface area contributed by atoms with Gasteiger partial charge in [-0.25, -0.2) is 8.78 Å². The van der Waals surface area contributed by atoms with Crippen molar-refractivity contribution < 1.29 is 13.6 Å². The number of benzene rings is 1. The molecular formula is C14H19ClF2N2O. The standard InChI is InChI=1S/C14H18F2N2O.ClH/c1-14(6-3-7-17-8-14)9-18-13(19)12-10(15)4-2-5-11(12)16;/h2,4-5,17H,3,6-9H2,1H3,(H,18,19);1H. The SMILES string of the molecule is CC1(CNC(=O)c2c(F)cccc2F)CCCNC1.Cl. The Hall–Kier alpha value is -1.20. The molecule has 0 saturated carbocycles. The lowest BCUT2D eigenvalue weighted by Gasteiger charge is -2.34. The molecule has 1 unspecified atom stereocenters. The Balaban J connectivity index is 0.00000200. The van der Waals surface area contributed by atoms with Crippen molar-refractivity contribution in [1.29, 1.82) is 0 Å². The normalized spacial score (nSPS) is 21.9. The van der Waals surface area contributed by atoms with Gasteiger partial charge in [0.25, 0.3) is 5.91 Å². The quantitative estimate of drug-likeness (QED) is 0.901. The highest BCUT2D eigenvalue weighted by molar-refractivity contribution is 5.94. The molecule has 0 radical (unpaired) electrons. The molecule has 1 aliphatic heterocycles. The van der Waals surface area contributed by atoms with Crippen LogP contribution in [0.2, 0.25) is 0 Å². The average molecular weight is 305 g/mol. The van der Waals surface area contributed by atoms with Gasteiger partial charge in [0.1, 0.15) is 17.2 Å². The summed E-state index contributed by atoms with van der Waals surface area (Å²) in [6.45, 7) is 4.24. The van der Waals surface area contributed by atoms with Crippen molar-refractivity contribution in [1.82, 2.24) is 10.6 Å². The summed E-state index contributed by atoms with van der Waals surface area (Å²) >= 11 is 0. The first-order chi connectivity index (χ1) is 9.02. The van der Waals surface area contributed by atoms with E-state index in [4.69, 9.17) is 0 Å². The fourth-order valence-electron chi connectivity index (χ4n) is 2.37. The second-order valence-electron chi connectivity index (χ2n) is 5.37. The van der Waals surface area contributed by atoms with Gasteiger partial charge in [-0.3, -0.25) is 4.79 Å². The molecule has 0 spiro atoms. The van der Waals surface area contributed by atoms with Gasteiger partial charge < -0.3 is 10.6 Å². The van der Waals surface area contributed by atoms with Crippen molar-refractivity contribution in [2.75, 3.05) is 19.6 Å². The Morgan fingerprint density at radius 1 is 1.40 bits per heavy atom. The van der Waals surface area contributed by atoms with Crippen LogP contribution in [0.4, 0.5) is 8.78 Å². The molecule has 3 nitrogen and oxygen atoms in total. The van der Waals surface area contributed by atoms with Gasteiger partial charge in [0, 0.05) is 13.1 Å². The zero-order valence-corrected chi connectivity index (χ0v) is 12.2. The molecule has 1 heterocycles. The Morgan fingerprint density at radius 2 is 2.05 bits per heavy atom. The van der Waals surface area contributed by atoms with Gasteiger partial charge in [-0.15, -0.1) is 12.4 Å². The molecular weight excluding hydrogens is 286 g/mol. The number of piperidine rings is 1. The van der Waals surface area contributed by atoms with Gasteiger partial charge in [-0.1, -0.05) is 13.0 Å². The number of carbonyl (C=O) groups excluding carboxylic acids is 1. The third-order valence-corrected chi connectivity index (χ3v) is 3.55. The summed E-state index contributed by atoms with van der Waals surface area (Å²) in [6, 6.07) is 3.41. The number of nitrogens with one attached hydrogen (secondary N) is 2. The van der Waals surface area contributed by atoms with Gasteiger partial charge in [-0.05, 0) is 36.9 Å². The second kappa shape index (κ2) is 6.99. The van der Waals surface area contributed by atoms with Crippen molar-refractivity contribution in [2.24, 2.45) is 5.41 Å². The zero-order chi connectivity index (χ0) is 13.9. The van der Waals surface area contributed by atoms with E-state index in [1.165, 1.54) is 6.07 Å². The summed E-state index contributed by atoms with van der Waals surface area (Å²) in [5.41, 5.74) is -0.565. The van der Waals surface area contributed by atoms with Gasteiger partial charge in [0.15, 0.2) is 0 Å². The predicted octanol–water partition coefficient (Wildman–Crippen LogP) is 2.51. The van der Waals surface area contributed by atoms with Crippen LogP contribution in [0.1, 0.15) is 30.1 Å². The van der Waals surface area contributed by atoms with E-state index in [2.05, 4.69) is 17.6 Å². The van der Waals surface area contributed by atoms with E-state index in [9.17, 15) is 13.6 Å². The lowest BCUT2D eigenvalue weighted by molar-refractivity contribution is 0.0916. The molecule has 1 atom stereocenters. The van der Waals surface area contributed by atoms with Crippen LogP contribution in [0, 0.1) is 17.0 Å². The van der Waals surface area contributed by atoms with E-state index in [1.807, 2.05) is 0 Å². The lowest BCUT2D eigenvalue weighted by atomic mass is 9.83. The lowest BCUT2D eigenvalue weighted by Crippen LogP contribution is -2.45. The predicted molar refractivity (Wildman–Crippen MR) is 76.1 cm³/mol. The van der Waals surface area contributed by atoms with E-state index in [-0.39, 0.29) is 17.8 Å². The van der Waals surface area contributed by atoms with Crippen LogP contribution in [0.3, 0.4) is 0 Å². The van der Waals surface area contributed by atoms with Gasteiger partial charge in [0.2, 0.25) is 0 Å². The first-order valence-corrected chi connectivity index (χ1v) is 6.45. The van der Waals surface area contributed by atoms with Crippen LogP contribution in [0.25, 0.3) is 0 Å². The molecule has 0 aliphatic carbocycles. The topological polar surface area (TPSA) is 41.1 Å². The summed E-state index contributed by atoms with van der Waals surface area (Å²) in [6.07, 6.45) is 2.03. The number of hydrogen-bond acceptors (Lipinski definition) is 2. The smallest absolute Gasteiger partial charge is 0.257 e. The maximum atomic E-state index is 13.4. The van der Waals surface area contributed by atoms with Crippen molar-refractivity contribution in [3.05, 3.63) is 35.4 Å². The molecule has 20 heavy (non-hydrogen) atoms. The van der Waals surface area contributed by atoms with E-state index in [0.717, 1.165) is 38.1 Å². The highest BCUT2D eigenvalue weighted by atomic mass is 35.5. The number of halogens is 3. The Morgan fingerprint density at radius 3 is 2.60 bits per heavy atom. The molecule has 0 bridgehead atoms. The number of amides is 1. The summed E-state index contributed by atoms with van der Waals surface area (Å²) in [7, 11) is 0. The van der Waals surface area contributed by atoms with Gasteiger partial charge >= 0.3 is 0 Å². The molecule has 112 valence electrons. The molecule has 1 amide bonds. The fourth-order valence-corrected chi connectivity index (χ4v) is 2.37. The summed E-state index contributed by atoms with van der Waals surface area (Å²) in [5, 5.41) is 5.89. The highest BCUT2D eigenvalue weighted by Crippen LogP contribution is 2.24. The minimum absolute atomic E-state index is 0. The van der Waals surface area contributed by atoms with Crippen molar-refractivity contribution in [2.45, 2.75) is 19.8 Å². The van der Waals surface area contributed by atoms with Crippen molar-refractivity contribution >= 4 is 18.3 Å². The van der Waals surface area contributed by atoms with E-state index >= 15 is 0 Å². The van der Waals surface area contributed by atoms with Crippen LogP contribution < -0.4 is 10.6 Å². The molecule has 1 aromatic carbocycles. The highest BCUT2D eigenvalue weighted by Gasteiger charge is 2.28. The first kappa shape index (κ1) is 16.9. The largest absolute Gasteiger partial charge is 0.351 e. The molecule has 1 aromatic rings. The van der Waals surface area contributed by atoms with Gasteiger partial charge in [0.05, 0.1) is 0 Å². The molecule has 1 fully saturated rings. The molecule has 1 saturated heterocycles. The van der Waals surface area contributed by atoms with E-state index < -0.39 is 23.1 Å². The maximum absolute atomic E-state index is 13.4. The number of carbonyl (C=O) groups is 1. The Labute approximate surface area is 123 Å². The van der Waals surface area contributed by atoms with Crippen molar-refractivity contribution in [3.63, 3.8) is 0 Å². The molecule has 2 N–H and O–H groups in total. The van der Waals surface area contributed by atoms with Crippen LogP contribution in [0.15, 0.2) is 18.2 Å². The fraction of sp³-hybridized carbons (Fsp3) is 0.500. The first-order valence-electron chi connectivity index (χ1n) is 6.45. The summed E-state index contributed by atoms with van der Waals surface area (Å²) < 4.78 is 26.9. The van der Waals surface area contributed by atoms with Gasteiger partial charge in [-0.2, -0.15) is 0 Å². The zero-order valence-electron chi connectivity index (χ0n) is 11.3. The van der Waals surface area contributed by atoms with E-state index in [1.54, 1.807) is 0 Å². The van der Waals surface area contributed by atoms with Crippen LogP contribution in [-0.4, -0.2) is 25.5 Å². The molecule has 6 heteroatoms. The molecule has 1 aliphatic rings. The minimum Gasteiger partial charge on any atom is -0.351 e. The van der Waals surface area contributed by atoms with Crippen LogP contribution >= 0.6 is 12.4 Å². The maximum Gasteiger partial charge on any atom is 0.257 e. The third kappa shape index (κ3) is 3.90. The molecule has 2 rings (SSSR count). The summed E-state index contributed by atoms with van der Waals surface area (Å²) in [4.78, 5) is 11.9. The van der Waals surface area contributed by atoms with Crippen LogP contribution in [-0.2, 0) is 0 Å². The number of rotatable bonds is 3. The number of hydrogen-bond donors (Lipinski definition) is 2. The Bertz CT molecular complexity index is 456. The third-order valence-electron chi connectivity index (χ3n) is 3.55. The van der Waals surface area contributed by atoms with Crippen molar-refractivity contribution in [3.8, 4) is 0 Å². The average Bonchev–Trinajstić information content (AvgIpc) is 2.37. The summed E-state index contributed by atoms with van der Waals surface area (Å²) in [5.74, 6) is -2.35. The molecule has 0 aromatic heterocycles. The second-order valence-corrected chi connectivity index (χ2v) is 5.37. The van der Waals surface area contributed by atoms with E-state index in [0.29, 0.717) is 6.54 Å². The minimum atomic E-state index is -0.829. The Kier molecular flexibility index (Phi) is 5.89. The van der Waals surface area contributed by atoms with Crippen LogP contribution in [0.5, 0.6) is 0 Å². The monoisotopic (exact) mass is 304 g/mol.